The number of likely N-dealkylation sites (tertiary alicyclic amines) is 1. The summed E-state index contributed by atoms with van der Waals surface area (Å²) < 4.78 is 2.05. The first-order chi connectivity index (χ1) is 11.6. The summed E-state index contributed by atoms with van der Waals surface area (Å²) in [7, 11) is 0. The third kappa shape index (κ3) is 2.35. The second-order valence-electron chi connectivity index (χ2n) is 7.18. The minimum Gasteiger partial charge on any atom is -0.338 e. The molecule has 0 aromatic carbocycles. The molecule has 4 rings (SSSR count). The molecule has 2 aromatic heterocycles. The number of aryl methyl sites for hydroxylation is 1. The number of rotatable bonds is 2. The van der Waals surface area contributed by atoms with E-state index in [1.165, 1.54) is 0 Å². The highest BCUT2D eigenvalue weighted by molar-refractivity contribution is 5.96. The van der Waals surface area contributed by atoms with Gasteiger partial charge in [0.25, 0.3) is 5.91 Å². The fraction of sp³-hybridized carbons (Fsp3) is 0.474. The van der Waals surface area contributed by atoms with Crippen molar-refractivity contribution in [3.8, 4) is 5.82 Å². The summed E-state index contributed by atoms with van der Waals surface area (Å²) >= 11 is 0. The summed E-state index contributed by atoms with van der Waals surface area (Å²) in [6.45, 7) is 5.67. The molecular formula is C19H24N4O. The highest BCUT2D eigenvalue weighted by atomic mass is 16.2. The van der Waals surface area contributed by atoms with E-state index in [1.54, 1.807) is 6.20 Å². The summed E-state index contributed by atoms with van der Waals surface area (Å²) in [5, 5.41) is 0. The maximum atomic E-state index is 13.1. The van der Waals surface area contributed by atoms with Gasteiger partial charge in [0.15, 0.2) is 0 Å². The van der Waals surface area contributed by atoms with Gasteiger partial charge in [0.2, 0.25) is 0 Å². The molecule has 2 N–H and O–H groups in total. The fourth-order valence-corrected chi connectivity index (χ4v) is 4.46. The minimum absolute atomic E-state index is 0.131. The van der Waals surface area contributed by atoms with E-state index in [-0.39, 0.29) is 11.9 Å². The number of carbonyl (C=O) groups is 1. The van der Waals surface area contributed by atoms with Gasteiger partial charge >= 0.3 is 0 Å². The number of pyridine rings is 1. The lowest BCUT2D eigenvalue weighted by atomic mass is 9.98. The Bertz CT molecular complexity index is 767. The Morgan fingerprint density at radius 2 is 2.08 bits per heavy atom. The smallest absolute Gasteiger partial charge is 0.255 e. The van der Waals surface area contributed by atoms with E-state index < -0.39 is 0 Å². The van der Waals surface area contributed by atoms with Crippen LogP contribution in [0.4, 0.5) is 0 Å². The molecule has 1 saturated heterocycles. The summed E-state index contributed by atoms with van der Waals surface area (Å²) in [6.07, 6.45) is 4.03. The average molecular weight is 324 g/mol. The second kappa shape index (κ2) is 5.74. The number of hydrogen-bond acceptors (Lipinski definition) is 3. The third-order valence-corrected chi connectivity index (χ3v) is 5.74. The van der Waals surface area contributed by atoms with Crippen LogP contribution in [-0.4, -0.2) is 39.5 Å². The van der Waals surface area contributed by atoms with Crippen LogP contribution in [0.1, 0.15) is 34.6 Å². The number of carbonyl (C=O) groups excluding carboxylic acids is 1. The van der Waals surface area contributed by atoms with Crippen molar-refractivity contribution < 1.29 is 4.79 Å². The fourth-order valence-electron chi connectivity index (χ4n) is 4.46. The normalized spacial score (nSPS) is 26.0. The van der Waals surface area contributed by atoms with Crippen LogP contribution < -0.4 is 5.73 Å². The van der Waals surface area contributed by atoms with E-state index >= 15 is 0 Å². The Morgan fingerprint density at radius 3 is 2.79 bits per heavy atom. The van der Waals surface area contributed by atoms with Gasteiger partial charge in [-0.15, -0.1) is 0 Å². The van der Waals surface area contributed by atoms with Gasteiger partial charge in [-0.05, 0) is 56.7 Å². The quantitative estimate of drug-likeness (QED) is 0.922. The highest BCUT2D eigenvalue weighted by Gasteiger charge is 2.43. The predicted molar refractivity (Wildman–Crippen MR) is 93.1 cm³/mol. The lowest BCUT2D eigenvalue weighted by Gasteiger charge is -2.19. The minimum atomic E-state index is 0.131. The number of hydrogen-bond donors (Lipinski definition) is 1. The molecule has 0 spiro atoms. The molecule has 3 atom stereocenters. The largest absolute Gasteiger partial charge is 0.338 e. The van der Waals surface area contributed by atoms with E-state index in [1.807, 2.05) is 43.0 Å². The van der Waals surface area contributed by atoms with Crippen LogP contribution in [-0.2, 0) is 0 Å². The molecular weight excluding hydrogens is 300 g/mol. The Kier molecular flexibility index (Phi) is 3.68. The van der Waals surface area contributed by atoms with Crippen molar-refractivity contribution in [1.82, 2.24) is 14.5 Å². The first kappa shape index (κ1) is 15.4. The zero-order chi connectivity index (χ0) is 16.8. The van der Waals surface area contributed by atoms with Crippen LogP contribution in [0.2, 0.25) is 0 Å². The lowest BCUT2D eigenvalue weighted by Crippen LogP contribution is -2.33. The molecule has 1 aliphatic carbocycles. The van der Waals surface area contributed by atoms with Gasteiger partial charge in [0.1, 0.15) is 5.82 Å². The van der Waals surface area contributed by atoms with E-state index in [4.69, 9.17) is 5.73 Å². The van der Waals surface area contributed by atoms with Crippen LogP contribution in [0.25, 0.3) is 5.82 Å². The average Bonchev–Trinajstić information content (AvgIpc) is 3.23. The summed E-state index contributed by atoms with van der Waals surface area (Å²) in [5.74, 6) is 2.05. The van der Waals surface area contributed by atoms with Gasteiger partial charge in [-0.25, -0.2) is 4.98 Å². The molecule has 3 heterocycles. The molecule has 0 bridgehead atoms. The Morgan fingerprint density at radius 1 is 1.25 bits per heavy atom. The van der Waals surface area contributed by atoms with Crippen molar-refractivity contribution in [3.63, 3.8) is 0 Å². The lowest BCUT2D eigenvalue weighted by molar-refractivity contribution is 0.0779. The van der Waals surface area contributed by atoms with Crippen LogP contribution in [0.15, 0.2) is 30.5 Å². The topological polar surface area (TPSA) is 64.2 Å². The molecule has 24 heavy (non-hydrogen) atoms. The molecule has 2 aromatic rings. The zero-order valence-corrected chi connectivity index (χ0v) is 14.3. The van der Waals surface area contributed by atoms with Crippen molar-refractivity contribution in [3.05, 3.63) is 47.4 Å². The third-order valence-electron chi connectivity index (χ3n) is 5.74. The van der Waals surface area contributed by atoms with Gasteiger partial charge < -0.3 is 15.2 Å². The molecule has 2 fully saturated rings. The molecule has 2 aliphatic rings. The van der Waals surface area contributed by atoms with E-state index in [0.29, 0.717) is 11.8 Å². The summed E-state index contributed by atoms with van der Waals surface area (Å²) in [6, 6.07) is 8.07. The number of amides is 1. The molecule has 1 aliphatic heterocycles. The maximum Gasteiger partial charge on any atom is 0.255 e. The molecule has 126 valence electrons. The second-order valence-corrected chi connectivity index (χ2v) is 7.18. The summed E-state index contributed by atoms with van der Waals surface area (Å²) in [5.41, 5.74) is 8.98. The predicted octanol–water partition coefficient (Wildman–Crippen LogP) is 2.30. The molecule has 1 saturated carbocycles. The van der Waals surface area contributed by atoms with Gasteiger partial charge in [-0.3, -0.25) is 4.79 Å². The standard InChI is InChI=1S/C19H24N4O/c1-12-9-15(13(2)23(12)18-5-3-4-8-21-18)19(24)22-10-14-6-7-17(20)16(14)11-22/h3-5,8-9,14,16-17H,6-7,10-11,20H2,1-2H3. The van der Waals surface area contributed by atoms with Gasteiger partial charge in [0, 0.05) is 36.7 Å². The van der Waals surface area contributed by atoms with Crippen LogP contribution >= 0.6 is 0 Å². The first-order valence-electron chi connectivity index (χ1n) is 8.71. The molecule has 1 amide bonds. The summed E-state index contributed by atoms with van der Waals surface area (Å²) in [4.78, 5) is 19.5. The van der Waals surface area contributed by atoms with Gasteiger partial charge in [-0.2, -0.15) is 0 Å². The van der Waals surface area contributed by atoms with Crippen LogP contribution in [0.3, 0.4) is 0 Å². The number of nitrogens with zero attached hydrogens (tertiary/aromatic N) is 3. The van der Waals surface area contributed by atoms with E-state index in [2.05, 4.69) is 9.55 Å². The van der Waals surface area contributed by atoms with Crippen molar-refractivity contribution in [2.75, 3.05) is 13.1 Å². The zero-order valence-electron chi connectivity index (χ0n) is 14.3. The van der Waals surface area contributed by atoms with E-state index in [0.717, 1.165) is 48.7 Å². The highest BCUT2D eigenvalue weighted by Crippen LogP contribution is 2.38. The molecule has 5 nitrogen and oxygen atoms in total. The number of fused-ring (bicyclic) bond motifs is 1. The van der Waals surface area contributed by atoms with Crippen molar-refractivity contribution in [2.24, 2.45) is 17.6 Å². The van der Waals surface area contributed by atoms with Crippen molar-refractivity contribution in [1.29, 1.82) is 0 Å². The van der Waals surface area contributed by atoms with Gasteiger partial charge in [0.05, 0.1) is 5.56 Å². The maximum absolute atomic E-state index is 13.1. The Balaban J connectivity index is 1.62. The van der Waals surface area contributed by atoms with Crippen molar-refractivity contribution >= 4 is 5.91 Å². The SMILES string of the molecule is Cc1cc(C(=O)N2CC3CCC(N)C3C2)c(C)n1-c1ccccn1. The first-order valence-corrected chi connectivity index (χ1v) is 8.71. The molecule has 3 unspecified atom stereocenters. The Hall–Kier alpha value is -2.14. The molecule has 5 heteroatoms. The molecule has 0 radical (unpaired) electrons. The van der Waals surface area contributed by atoms with Crippen LogP contribution in [0.5, 0.6) is 0 Å². The van der Waals surface area contributed by atoms with Gasteiger partial charge in [-0.1, -0.05) is 6.07 Å². The Labute approximate surface area is 142 Å². The van der Waals surface area contributed by atoms with E-state index in [9.17, 15) is 4.79 Å². The van der Waals surface area contributed by atoms with Crippen molar-refractivity contribution in [2.45, 2.75) is 32.7 Å². The number of aromatic nitrogens is 2. The van der Waals surface area contributed by atoms with Crippen LogP contribution in [0, 0.1) is 25.7 Å². The number of nitrogens with two attached hydrogens (primary N) is 1. The monoisotopic (exact) mass is 324 g/mol.